The number of nitrogens with one attached hydrogen (secondary N) is 1. The van der Waals surface area contributed by atoms with E-state index in [1.165, 1.54) is 12.8 Å². The van der Waals surface area contributed by atoms with E-state index in [0.717, 1.165) is 70.7 Å². The zero-order chi connectivity index (χ0) is 24.8. The summed E-state index contributed by atoms with van der Waals surface area (Å²) < 4.78 is 0. The van der Waals surface area contributed by atoms with E-state index in [4.69, 9.17) is 9.97 Å². The van der Waals surface area contributed by atoms with Crippen LogP contribution >= 0.6 is 0 Å². The summed E-state index contributed by atoms with van der Waals surface area (Å²) in [4.78, 5) is 16.9. The van der Waals surface area contributed by atoms with E-state index in [1.54, 1.807) is 0 Å². The minimum atomic E-state index is 0.271. The van der Waals surface area contributed by atoms with Crippen molar-refractivity contribution in [2.24, 2.45) is 0 Å². The van der Waals surface area contributed by atoms with E-state index in [-0.39, 0.29) is 5.75 Å². The smallest absolute Gasteiger partial charge is 0.227 e. The van der Waals surface area contributed by atoms with Crippen molar-refractivity contribution in [2.45, 2.75) is 24.9 Å². The Bertz CT molecular complexity index is 1410. The van der Waals surface area contributed by atoms with E-state index in [9.17, 15) is 5.11 Å². The van der Waals surface area contributed by atoms with Gasteiger partial charge in [-0.3, -0.25) is 0 Å². The van der Waals surface area contributed by atoms with Gasteiger partial charge in [0.05, 0.1) is 5.52 Å². The summed E-state index contributed by atoms with van der Waals surface area (Å²) in [6.45, 7) is 3.73. The molecule has 7 nitrogen and oxygen atoms in total. The van der Waals surface area contributed by atoms with E-state index in [0.29, 0.717) is 12.1 Å². The first-order chi connectivity index (χ1) is 17.4. The number of hydrogen-bond acceptors (Lipinski definition) is 7. The molecule has 2 bridgehead atoms. The molecule has 0 radical (unpaired) electrons. The Hall–Kier alpha value is -3.42. The summed E-state index contributed by atoms with van der Waals surface area (Å²) in [6.07, 6.45) is 2.46. The zero-order valence-corrected chi connectivity index (χ0v) is 21.3. The monoisotopic (exact) mass is 482 g/mol. The van der Waals surface area contributed by atoms with Crippen molar-refractivity contribution in [2.75, 3.05) is 57.1 Å². The van der Waals surface area contributed by atoms with Crippen molar-refractivity contribution in [3.63, 3.8) is 0 Å². The Morgan fingerprint density at radius 2 is 1.69 bits per heavy atom. The standard InChI is InChI=1S/C29H34N6O/c1-33(2)12-13-34(3)29-31-27-15-20(26-16-23(36)14-19-6-4-5-7-24(19)26)8-11-25(27)28(32-29)35-17-21-9-10-22(18-35)30-21/h4-8,11,14-16,21-22,30,36H,9-10,12-13,17-18H2,1-3H3. The minimum Gasteiger partial charge on any atom is -0.508 e. The Kier molecular flexibility index (Phi) is 5.90. The molecule has 6 rings (SSSR count). The molecule has 0 aliphatic carbocycles. The number of nitrogens with zero attached hydrogens (tertiary/aromatic N) is 5. The molecule has 3 aromatic carbocycles. The number of anilines is 2. The third-order valence-electron chi connectivity index (χ3n) is 7.56. The topological polar surface area (TPSA) is 67.8 Å². The van der Waals surface area contributed by atoms with Crippen LogP contribution < -0.4 is 15.1 Å². The normalized spacial score (nSPS) is 19.5. The molecule has 2 N–H and O–H groups in total. The summed E-state index contributed by atoms with van der Waals surface area (Å²) in [7, 11) is 6.24. The lowest BCUT2D eigenvalue weighted by atomic mass is 9.97. The SMILES string of the molecule is CN(C)CCN(C)c1nc(N2CC3CCC(C2)N3)c2ccc(-c3cc(O)cc4ccccc34)cc2n1. The van der Waals surface area contributed by atoms with Crippen LogP contribution in [0.25, 0.3) is 32.8 Å². The molecule has 186 valence electrons. The second kappa shape index (κ2) is 9.22. The number of phenolic OH excluding ortho intramolecular Hbond substituents is 1. The van der Waals surface area contributed by atoms with Crippen LogP contribution in [-0.2, 0) is 0 Å². The molecule has 36 heavy (non-hydrogen) atoms. The Morgan fingerprint density at radius 1 is 0.917 bits per heavy atom. The van der Waals surface area contributed by atoms with Gasteiger partial charge >= 0.3 is 0 Å². The number of benzene rings is 3. The first kappa shape index (κ1) is 23.0. The summed E-state index contributed by atoms with van der Waals surface area (Å²) in [5.41, 5.74) is 2.99. The molecular formula is C29H34N6O. The van der Waals surface area contributed by atoms with Crippen molar-refractivity contribution in [3.8, 4) is 16.9 Å². The second-order valence-electron chi connectivity index (χ2n) is 10.6. The van der Waals surface area contributed by atoms with Gasteiger partial charge in [0, 0.05) is 50.7 Å². The van der Waals surface area contributed by atoms with Gasteiger partial charge in [-0.2, -0.15) is 4.98 Å². The minimum absolute atomic E-state index is 0.271. The summed E-state index contributed by atoms with van der Waals surface area (Å²) in [6, 6.07) is 19.4. The highest BCUT2D eigenvalue weighted by Crippen LogP contribution is 2.36. The number of piperazine rings is 1. The quantitative estimate of drug-likeness (QED) is 0.429. The second-order valence-corrected chi connectivity index (χ2v) is 10.6. The summed E-state index contributed by atoms with van der Waals surface area (Å²) in [5, 5.41) is 17.4. The summed E-state index contributed by atoms with van der Waals surface area (Å²) in [5.74, 6) is 2.05. The fraction of sp³-hybridized carbons (Fsp3) is 0.379. The highest BCUT2D eigenvalue weighted by molar-refractivity contribution is 6.01. The van der Waals surface area contributed by atoms with Gasteiger partial charge in [-0.1, -0.05) is 30.3 Å². The number of hydrogen-bond donors (Lipinski definition) is 2. The molecule has 4 aromatic rings. The zero-order valence-electron chi connectivity index (χ0n) is 21.3. The van der Waals surface area contributed by atoms with Gasteiger partial charge in [0.15, 0.2) is 0 Å². The van der Waals surface area contributed by atoms with Gasteiger partial charge in [0.1, 0.15) is 11.6 Å². The van der Waals surface area contributed by atoms with Gasteiger partial charge in [-0.05, 0) is 73.1 Å². The molecule has 1 aromatic heterocycles. The Morgan fingerprint density at radius 3 is 2.47 bits per heavy atom. The van der Waals surface area contributed by atoms with Gasteiger partial charge in [0.25, 0.3) is 0 Å². The Labute approximate surface area is 212 Å². The maximum atomic E-state index is 10.4. The number of rotatable bonds is 6. The van der Waals surface area contributed by atoms with Crippen LogP contribution in [0.2, 0.25) is 0 Å². The average molecular weight is 483 g/mol. The molecule has 2 aliphatic heterocycles. The van der Waals surface area contributed by atoms with Crippen molar-refractivity contribution >= 4 is 33.4 Å². The molecule has 0 amide bonds. The molecule has 2 atom stereocenters. The maximum absolute atomic E-state index is 10.4. The van der Waals surface area contributed by atoms with Crippen LogP contribution in [-0.4, -0.2) is 79.4 Å². The fourth-order valence-electron chi connectivity index (χ4n) is 5.63. The molecule has 0 saturated carbocycles. The fourth-order valence-corrected chi connectivity index (χ4v) is 5.63. The molecule has 3 heterocycles. The van der Waals surface area contributed by atoms with Crippen molar-refractivity contribution in [1.29, 1.82) is 0 Å². The van der Waals surface area contributed by atoms with Gasteiger partial charge < -0.3 is 25.1 Å². The van der Waals surface area contributed by atoms with Crippen LogP contribution in [0.15, 0.2) is 54.6 Å². The van der Waals surface area contributed by atoms with E-state index in [1.807, 2.05) is 30.3 Å². The maximum Gasteiger partial charge on any atom is 0.227 e. The summed E-state index contributed by atoms with van der Waals surface area (Å²) >= 11 is 0. The van der Waals surface area contributed by atoms with E-state index < -0.39 is 0 Å². The molecule has 2 fully saturated rings. The number of phenols is 1. The highest BCUT2D eigenvalue weighted by atomic mass is 16.3. The third-order valence-corrected chi connectivity index (χ3v) is 7.56. The molecule has 7 heteroatoms. The first-order valence-corrected chi connectivity index (χ1v) is 12.9. The molecule has 2 aliphatic rings. The van der Waals surface area contributed by atoms with E-state index >= 15 is 0 Å². The number of aromatic nitrogens is 2. The third kappa shape index (κ3) is 4.33. The lowest BCUT2D eigenvalue weighted by Crippen LogP contribution is -2.51. The van der Waals surface area contributed by atoms with Gasteiger partial charge in [-0.25, -0.2) is 4.98 Å². The molecule has 0 spiro atoms. The molecule has 2 unspecified atom stereocenters. The van der Waals surface area contributed by atoms with Crippen LogP contribution in [0.1, 0.15) is 12.8 Å². The average Bonchev–Trinajstić information content (AvgIpc) is 3.22. The van der Waals surface area contributed by atoms with Gasteiger partial charge in [-0.15, -0.1) is 0 Å². The largest absolute Gasteiger partial charge is 0.508 e. The van der Waals surface area contributed by atoms with Crippen LogP contribution in [0, 0.1) is 0 Å². The first-order valence-electron chi connectivity index (χ1n) is 12.9. The molecular weight excluding hydrogens is 448 g/mol. The van der Waals surface area contributed by atoms with Crippen LogP contribution in [0.3, 0.4) is 0 Å². The lowest BCUT2D eigenvalue weighted by molar-refractivity contribution is 0.415. The van der Waals surface area contributed by atoms with E-state index in [2.05, 4.69) is 65.4 Å². The lowest BCUT2D eigenvalue weighted by Gasteiger charge is -2.34. The predicted octanol–water partition coefficient (Wildman–Crippen LogP) is 4.09. The van der Waals surface area contributed by atoms with Gasteiger partial charge in [0.2, 0.25) is 5.95 Å². The van der Waals surface area contributed by atoms with Crippen LogP contribution in [0.4, 0.5) is 11.8 Å². The van der Waals surface area contributed by atoms with Crippen molar-refractivity contribution < 1.29 is 5.11 Å². The Balaban J connectivity index is 1.48. The van der Waals surface area contributed by atoms with Crippen molar-refractivity contribution in [1.82, 2.24) is 20.2 Å². The number of fused-ring (bicyclic) bond motifs is 4. The predicted molar refractivity (Wildman–Crippen MR) is 148 cm³/mol. The molecule has 2 saturated heterocycles. The van der Waals surface area contributed by atoms with Crippen molar-refractivity contribution in [3.05, 3.63) is 54.6 Å². The number of likely N-dealkylation sites (N-methyl/N-ethyl adjacent to an activating group) is 2. The van der Waals surface area contributed by atoms with Crippen LogP contribution in [0.5, 0.6) is 5.75 Å². The number of aromatic hydroxyl groups is 1. The highest BCUT2D eigenvalue weighted by Gasteiger charge is 2.33.